The largest absolute Gasteiger partial charge is 0.345 e. The van der Waals surface area contributed by atoms with Crippen LogP contribution in [0, 0.1) is 6.92 Å². The standard InChI is InChI=1S/C22H26N2O2/c1-17-9-5-6-12-19(17)22(18-10-3-2-4-11-18)23-20(25)13-7-15-24-16-8-14-21(24)26/h2-6,9-12,22H,7-8,13-16H2,1H3,(H,23,25)/t22-/m0/s1. The van der Waals surface area contributed by atoms with E-state index in [0.717, 1.165) is 29.7 Å². The third-order valence-corrected chi connectivity index (χ3v) is 4.94. The molecule has 0 aromatic heterocycles. The number of amides is 2. The lowest BCUT2D eigenvalue weighted by Gasteiger charge is -2.22. The predicted molar refractivity (Wildman–Crippen MR) is 103 cm³/mol. The Balaban J connectivity index is 1.65. The first-order valence-corrected chi connectivity index (χ1v) is 9.33. The van der Waals surface area contributed by atoms with Crippen LogP contribution in [0.4, 0.5) is 0 Å². The Kier molecular flexibility index (Phi) is 6.05. The lowest BCUT2D eigenvalue weighted by molar-refractivity contribution is -0.128. The molecule has 0 spiro atoms. The first-order valence-electron chi connectivity index (χ1n) is 9.33. The second-order valence-corrected chi connectivity index (χ2v) is 6.86. The van der Waals surface area contributed by atoms with Gasteiger partial charge in [-0.05, 0) is 36.5 Å². The van der Waals surface area contributed by atoms with Crippen molar-refractivity contribution in [3.05, 3.63) is 71.3 Å². The highest BCUT2D eigenvalue weighted by Gasteiger charge is 2.21. The molecule has 1 saturated heterocycles. The molecule has 4 heteroatoms. The zero-order valence-electron chi connectivity index (χ0n) is 15.3. The second-order valence-electron chi connectivity index (χ2n) is 6.86. The Labute approximate surface area is 155 Å². The highest BCUT2D eigenvalue weighted by molar-refractivity contribution is 5.79. The monoisotopic (exact) mass is 350 g/mol. The number of carbonyl (C=O) groups excluding carboxylic acids is 2. The van der Waals surface area contributed by atoms with Crippen molar-refractivity contribution >= 4 is 11.8 Å². The highest BCUT2D eigenvalue weighted by Crippen LogP contribution is 2.25. The molecule has 2 amide bonds. The van der Waals surface area contributed by atoms with Gasteiger partial charge in [0.25, 0.3) is 0 Å². The van der Waals surface area contributed by atoms with Gasteiger partial charge in [-0.3, -0.25) is 9.59 Å². The molecule has 1 N–H and O–H groups in total. The molecule has 0 saturated carbocycles. The van der Waals surface area contributed by atoms with Gasteiger partial charge in [-0.2, -0.15) is 0 Å². The molecule has 1 atom stereocenters. The van der Waals surface area contributed by atoms with Crippen molar-refractivity contribution < 1.29 is 9.59 Å². The van der Waals surface area contributed by atoms with Crippen molar-refractivity contribution in [1.82, 2.24) is 10.2 Å². The van der Waals surface area contributed by atoms with Crippen LogP contribution in [-0.2, 0) is 9.59 Å². The molecule has 0 radical (unpaired) electrons. The molecule has 0 aliphatic carbocycles. The van der Waals surface area contributed by atoms with Crippen LogP contribution in [0.3, 0.4) is 0 Å². The second kappa shape index (κ2) is 8.65. The number of likely N-dealkylation sites (tertiary alicyclic amines) is 1. The molecular weight excluding hydrogens is 324 g/mol. The Morgan fingerprint density at radius 2 is 1.85 bits per heavy atom. The average Bonchev–Trinajstić information content (AvgIpc) is 3.06. The topological polar surface area (TPSA) is 49.4 Å². The maximum atomic E-state index is 12.6. The fourth-order valence-electron chi connectivity index (χ4n) is 3.50. The van der Waals surface area contributed by atoms with Gasteiger partial charge in [0.2, 0.25) is 11.8 Å². The van der Waals surface area contributed by atoms with Gasteiger partial charge < -0.3 is 10.2 Å². The van der Waals surface area contributed by atoms with E-state index in [4.69, 9.17) is 0 Å². The van der Waals surface area contributed by atoms with E-state index in [2.05, 4.69) is 24.4 Å². The van der Waals surface area contributed by atoms with Gasteiger partial charge in [0, 0.05) is 25.9 Å². The van der Waals surface area contributed by atoms with E-state index in [9.17, 15) is 9.59 Å². The molecule has 2 aromatic rings. The summed E-state index contributed by atoms with van der Waals surface area (Å²) in [6, 6.07) is 18.0. The number of hydrogen-bond acceptors (Lipinski definition) is 2. The summed E-state index contributed by atoms with van der Waals surface area (Å²) in [5, 5.41) is 3.18. The van der Waals surface area contributed by atoms with Gasteiger partial charge in [0.05, 0.1) is 6.04 Å². The third kappa shape index (κ3) is 4.51. The molecule has 136 valence electrons. The summed E-state index contributed by atoms with van der Waals surface area (Å²) in [4.78, 5) is 26.1. The summed E-state index contributed by atoms with van der Waals surface area (Å²) in [5.41, 5.74) is 3.34. The summed E-state index contributed by atoms with van der Waals surface area (Å²) >= 11 is 0. The van der Waals surface area contributed by atoms with Crippen molar-refractivity contribution in [3.63, 3.8) is 0 Å². The fourth-order valence-corrected chi connectivity index (χ4v) is 3.50. The van der Waals surface area contributed by atoms with Crippen LogP contribution < -0.4 is 5.32 Å². The predicted octanol–water partition coefficient (Wildman–Crippen LogP) is 3.60. The van der Waals surface area contributed by atoms with Gasteiger partial charge in [0.1, 0.15) is 0 Å². The van der Waals surface area contributed by atoms with Gasteiger partial charge in [-0.1, -0.05) is 54.6 Å². The number of hydrogen-bond donors (Lipinski definition) is 1. The smallest absolute Gasteiger partial charge is 0.222 e. The average molecular weight is 350 g/mol. The van der Waals surface area contributed by atoms with Gasteiger partial charge in [0.15, 0.2) is 0 Å². The highest BCUT2D eigenvalue weighted by atomic mass is 16.2. The summed E-state index contributed by atoms with van der Waals surface area (Å²) in [7, 11) is 0. The molecule has 1 aliphatic rings. The molecule has 2 aromatic carbocycles. The Bertz CT molecular complexity index is 758. The molecular formula is C22H26N2O2. The Hall–Kier alpha value is -2.62. The van der Waals surface area contributed by atoms with Crippen molar-refractivity contribution in [2.24, 2.45) is 0 Å². The van der Waals surface area contributed by atoms with Crippen LogP contribution in [0.1, 0.15) is 48.4 Å². The minimum atomic E-state index is -0.154. The van der Waals surface area contributed by atoms with Crippen LogP contribution in [0.5, 0.6) is 0 Å². The number of aryl methyl sites for hydroxylation is 1. The van der Waals surface area contributed by atoms with Gasteiger partial charge >= 0.3 is 0 Å². The van der Waals surface area contributed by atoms with Crippen molar-refractivity contribution in [2.75, 3.05) is 13.1 Å². The SMILES string of the molecule is Cc1ccccc1[C@@H](NC(=O)CCCN1CCCC1=O)c1ccccc1. The molecule has 0 unspecified atom stereocenters. The number of carbonyl (C=O) groups is 2. The lowest BCUT2D eigenvalue weighted by Crippen LogP contribution is -2.31. The van der Waals surface area contributed by atoms with E-state index in [1.54, 1.807) is 0 Å². The van der Waals surface area contributed by atoms with Crippen molar-refractivity contribution in [3.8, 4) is 0 Å². The molecule has 1 aliphatic heterocycles. The minimum absolute atomic E-state index is 0.0220. The van der Waals surface area contributed by atoms with Crippen LogP contribution in [0.15, 0.2) is 54.6 Å². The summed E-state index contributed by atoms with van der Waals surface area (Å²) in [6.07, 6.45) is 2.72. The molecule has 4 nitrogen and oxygen atoms in total. The van der Waals surface area contributed by atoms with E-state index in [-0.39, 0.29) is 17.9 Å². The normalized spacial score (nSPS) is 15.1. The van der Waals surface area contributed by atoms with Crippen LogP contribution >= 0.6 is 0 Å². The van der Waals surface area contributed by atoms with E-state index < -0.39 is 0 Å². The Morgan fingerprint density at radius 3 is 2.54 bits per heavy atom. The molecule has 1 heterocycles. The number of benzene rings is 2. The maximum absolute atomic E-state index is 12.6. The quantitative estimate of drug-likeness (QED) is 0.829. The molecule has 3 rings (SSSR count). The summed E-state index contributed by atoms with van der Waals surface area (Å²) in [5.74, 6) is 0.237. The maximum Gasteiger partial charge on any atom is 0.222 e. The molecule has 1 fully saturated rings. The van der Waals surface area contributed by atoms with Crippen LogP contribution in [-0.4, -0.2) is 29.8 Å². The zero-order valence-corrected chi connectivity index (χ0v) is 15.3. The third-order valence-electron chi connectivity index (χ3n) is 4.94. The van der Waals surface area contributed by atoms with Crippen molar-refractivity contribution in [1.29, 1.82) is 0 Å². The van der Waals surface area contributed by atoms with E-state index in [0.29, 0.717) is 25.8 Å². The Morgan fingerprint density at radius 1 is 1.12 bits per heavy atom. The zero-order chi connectivity index (χ0) is 18.4. The van der Waals surface area contributed by atoms with E-state index in [1.165, 1.54) is 0 Å². The first-order chi connectivity index (χ1) is 12.6. The van der Waals surface area contributed by atoms with Crippen molar-refractivity contribution in [2.45, 2.75) is 38.6 Å². The van der Waals surface area contributed by atoms with Gasteiger partial charge in [-0.25, -0.2) is 0 Å². The molecule has 26 heavy (non-hydrogen) atoms. The van der Waals surface area contributed by atoms with E-state index in [1.807, 2.05) is 47.4 Å². The number of nitrogens with zero attached hydrogens (tertiary/aromatic N) is 1. The number of rotatable bonds is 7. The van der Waals surface area contributed by atoms with Crippen LogP contribution in [0.2, 0.25) is 0 Å². The number of nitrogens with one attached hydrogen (secondary N) is 1. The lowest BCUT2D eigenvalue weighted by atomic mass is 9.95. The first kappa shape index (κ1) is 18.2. The molecule has 0 bridgehead atoms. The summed E-state index contributed by atoms with van der Waals surface area (Å²) < 4.78 is 0. The minimum Gasteiger partial charge on any atom is -0.345 e. The fraction of sp³-hybridized carbons (Fsp3) is 0.364. The van der Waals surface area contributed by atoms with Crippen LogP contribution in [0.25, 0.3) is 0 Å². The summed E-state index contributed by atoms with van der Waals surface area (Å²) in [6.45, 7) is 3.57. The van der Waals surface area contributed by atoms with E-state index >= 15 is 0 Å². The van der Waals surface area contributed by atoms with Gasteiger partial charge in [-0.15, -0.1) is 0 Å².